The van der Waals surface area contributed by atoms with Gasteiger partial charge in [0, 0.05) is 18.7 Å². The molecule has 0 heterocycles. The minimum atomic E-state index is -0.120. The van der Waals surface area contributed by atoms with Crippen molar-refractivity contribution in [3.05, 3.63) is 41.5 Å². The van der Waals surface area contributed by atoms with Gasteiger partial charge in [0.2, 0.25) is 0 Å². The predicted molar refractivity (Wildman–Crippen MR) is 68.3 cm³/mol. The van der Waals surface area contributed by atoms with Crippen molar-refractivity contribution in [2.75, 3.05) is 20.2 Å². The maximum atomic E-state index is 11.8. The molecule has 1 aromatic rings. The number of rotatable bonds is 5. The van der Waals surface area contributed by atoms with Gasteiger partial charge in [0.05, 0.1) is 7.11 Å². The van der Waals surface area contributed by atoms with E-state index in [1.807, 2.05) is 19.1 Å². The molecule has 3 N–H and O–H groups in total. The average molecular weight is 234 g/mol. The molecule has 0 radical (unpaired) electrons. The van der Waals surface area contributed by atoms with Crippen LogP contribution in [0.1, 0.15) is 15.9 Å². The molecule has 1 amide bonds. The van der Waals surface area contributed by atoms with Gasteiger partial charge in [-0.25, -0.2) is 0 Å². The zero-order chi connectivity index (χ0) is 12.7. The molecule has 0 aliphatic rings. The Morgan fingerprint density at radius 1 is 1.47 bits per heavy atom. The first-order valence-corrected chi connectivity index (χ1v) is 5.47. The third kappa shape index (κ3) is 3.92. The minimum Gasteiger partial charge on any atom is -0.496 e. The van der Waals surface area contributed by atoms with E-state index in [0.717, 1.165) is 11.3 Å². The van der Waals surface area contributed by atoms with Crippen molar-refractivity contribution in [2.45, 2.75) is 6.92 Å². The second kappa shape index (κ2) is 6.70. The highest BCUT2D eigenvalue weighted by atomic mass is 16.5. The lowest BCUT2D eigenvalue weighted by atomic mass is 10.1. The number of hydrogen-bond donors (Lipinski definition) is 2. The van der Waals surface area contributed by atoms with Crippen LogP contribution in [0, 0.1) is 6.92 Å². The van der Waals surface area contributed by atoms with E-state index < -0.39 is 0 Å². The summed E-state index contributed by atoms with van der Waals surface area (Å²) in [6, 6.07) is 5.38. The van der Waals surface area contributed by atoms with Gasteiger partial charge < -0.3 is 15.8 Å². The number of nitrogens with two attached hydrogens (primary N) is 1. The van der Waals surface area contributed by atoms with Crippen molar-refractivity contribution in [1.82, 2.24) is 5.32 Å². The van der Waals surface area contributed by atoms with Crippen LogP contribution in [0.4, 0.5) is 0 Å². The first kappa shape index (κ1) is 13.3. The van der Waals surface area contributed by atoms with E-state index in [-0.39, 0.29) is 5.91 Å². The maximum Gasteiger partial charge on any atom is 0.251 e. The van der Waals surface area contributed by atoms with Gasteiger partial charge in [-0.15, -0.1) is 0 Å². The summed E-state index contributed by atoms with van der Waals surface area (Å²) >= 11 is 0. The third-order valence-electron chi connectivity index (χ3n) is 2.35. The minimum absolute atomic E-state index is 0.120. The summed E-state index contributed by atoms with van der Waals surface area (Å²) in [6.07, 6.45) is 3.62. The monoisotopic (exact) mass is 234 g/mol. The van der Waals surface area contributed by atoms with Gasteiger partial charge >= 0.3 is 0 Å². The van der Waals surface area contributed by atoms with Crippen LogP contribution in [0.5, 0.6) is 5.75 Å². The fourth-order valence-electron chi connectivity index (χ4n) is 1.39. The molecule has 0 fully saturated rings. The van der Waals surface area contributed by atoms with Crippen molar-refractivity contribution in [2.24, 2.45) is 5.73 Å². The number of nitrogens with one attached hydrogen (secondary N) is 1. The third-order valence-corrected chi connectivity index (χ3v) is 2.35. The van der Waals surface area contributed by atoms with Gasteiger partial charge in [-0.05, 0) is 24.6 Å². The summed E-state index contributed by atoms with van der Waals surface area (Å²) in [5.41, 5.74) is 6.89. The molecule has 1 rings (SSSR count). The number of amides is 1. The number of ether oxygens (including phenoxy) is 1. The van der Waals surface area contributed by atoms with Gasteiger partial charge in [-0.1, -0.05) is 18.2 Å². The Kier molecular flexibility index (Phi) is 5.23. The van der Waals surface area contributed by atoms with Gasteiger partial charge in [0.1, 0.15) is 5.75 Å². The molecular formula is C13H18N2O2. The molecule has 0 bridgehead atoms. The van der Waals surface area contributed by atoms with Gasteiger partial charge in [0.25, 0.3) is 5.91 Å². The molecule has 0 spiro atoms. The smallest absolute Gasteiger partial charge is 0.251 e. The van der Waals surface area contributed by atoms with Crippen LogP contribution in [0.3, 0.4) is 0 Å². The second-order valence-electron chi connectivity index (χ2n) is 3.60. The van der Waals surface area contributed by atoms with Crippen LogP contribution in [0.25, 0.3) is 0 Å². The normalized spacial score (nSPS) is 10.5. The molecule has 0 unspecified atom stereocenters. The standard InChI is InChI=1S/C13H18N2O2/c1-10-5-6-11(9-12(10)17-2)13(16)15-8-4-3-7-14/h3-6,9H,7-8,14H2,1-2H3,(H,15,16)/b4-3+. The van der Waals surface area contributed by atoms with E-state index in [4.69, 9.17) is 10.5 Å². The van der Waals surface area contributed by atoms with E-state index in [9.17, 15) is 4.79 Å². The van der Waals surface area contributed by atoms with Crippen LogP contribution in [0.2, 0.25) is 0 Å². The lowest BCUT2D eigenvalue weighted by Gasteiger charge is -2.07. The Balaban J connectivity index is 2.66. The Morgan fingerprint density at radius 3 is 2.88 bits per heavy atom. The quantitative estimate of drug-likeness (QED) is 0.754. The Morgan fingerprint density at radius 2 is 2.24 bits per heavy atom. The van der Waals surface area contributed by atoms with Crippen LogP contribution in [-0.2, 0) is 0 Å². The SMILES string of the molecule is COc1cc(C(=O)NC/C=C/CN)ccc1C. The summed E-state index contributed by atoms with van der Waals surface area (Å²) in [4.78, 5) is 11.8. The first-order chi connectivity index (χ1) is 8.19. The number of aryl methyl sites for hydroxylation is 1. The number of benzene rings is 1. The molecule has 0 aromatic heterocycles. The molecule has 0 saturated carbocycles. The Hall–Kier alpha value is -1.81. The molecule has 0 aliphatic carbocycles. The Bertz CT molecular complexity index is 414. The predicted octanol–water partition coefficient (Wildman–Crippen LogP) is 1.25. The second-order valence-corrected chi connectivity index (χ2v) is 3.60. The van der Waals surface area contributed by atoms with Crippen molar-refractivity contribution < 1.29 is 9.53 Å². The lowest BCUT2D eigenvalue weighted by molar-refractivity contribution is 0.0957. The highest BCUT2D eigenvalue weighted by Gasteiger charge is 2.06. The van der Waals surface area contributed by atoms with Gasteiger partial charge in [0.15, 0.2) is 0 Å². The zero-order valence-corrected chi connectivity index (χ0v) is 10.2. The van der Waals surface area contributed by atoms with E-state index in [2.05, 4.69) is 5.32 Å². The van der Waals surface area contributed by atoms with Crippen molar-refractivity contribution in [3.63, 3.8) is 0 Å². The van der Waals surface area contributed by atoms with Crippen molar-refractivity contribution in [3.8, 4) is 5.75 Å². The van der Waals surface area contributed by atoms with Crippen LogP contribution < -0.4 is 15.8 Å². The molecule has 17 heavy (non-hydrogen) atoms. The number of carbonyl (C=O) groups excluding carboxylic acids is 1. The molecule has 4 nitrogen and oxygen atoms in total. The summed E-state index contributed by atoms with van der Waals surface area (Å²) in [5.74, 6) is 0.597. The molecule has 0 atom stereocenters. The molecule has 1 aromatic carbocycles. The highest BCUT2D eigenvalue weighted by molar-refractivity contribution is 5.94. The summed E-state index contributed by atoms with van der Waals surface area (Å²) in [5, 5.41) is 2.77. The Labute approximate surface area is 101 Å². The summed E-state index contributed by atoms with van der Waals surface area (Å²) < 4.78 is 5.17. The van der Waals surface area contributed by atoms with Crippen LogP contribution >= 0.6 is 0 Å². The number of methoxy groups -OCH3 is 1. The summed E-state index contributed by atoms with van der Waals surface area (Å²) in [6.45, 7) is 2.89. The van der Waals surface area contributed by atoms with Crippen LogP contribution in [0.15, 0.2) is 30.4 Å². The number of carbonyl (C=O) groups is 1. The average Bonchev–Trinajstić information content (AvgIpc) is 2.35. The fourth-order valence-corrected chi connectivity index (χ4v) is 1.39. The number of hydrogen-bond acceptors (Lipinski definition) is 3. The largest absolute Gasteiger partial charge is 0.496 e. The molecule has 0 saturated heterocycles. The highest BCUT2D eigenvalue weighted by Crippen LogP contribution is 2.18. The maximum absolute atomic E-state index is 11.8. The topological polar surface area (TPSA) is 64.3 Å². The van der Waals surface area contributed by atoms with E-state index in [0.29, 0.717) is 18.7 Å². The molecule has 4 heteroatoms. The fraction of sp³-hybridized carbons (Fsp3) is 0.308. The van der Waals surface area contributed by atoms with Gasteiger partial charge in [-0.2, -0.15) is 0 Å². The van der Waals surface area contributed by atoms with E-state index in [1.165, 1.54) is 0 Å². The van der Waals surface area contributed by atoms with E-state index in [1.54, 1.807) is 25.3 Å². The molecular weight excluding hydrogens is 216 g/mol. The molecule has 92 valence electrons. The summed E-state index contributed by atoms with van der Waals surface area (Å²) in [7, 11) is 1.59. The van der Waals surface area contributed by atoms with Crippen molar-refractivity contribution >= 4 is 5.91 Å². The van der Waals surface area contributed by atoms with E-state index >= 15 is 0 Å². The zero-order valence-electron chi connectivity index (χ0n) is 10.2. The van der Waals surface area contributed by atoms with Gasteiger partial charge in [-0.3, -0.25) is 4.79 Å². The van der Waals surface area contributed by atoms with Crippen molar-refractivity contribution in [1.29, 1.82) is 0 Å². The molecule has 0 aliphatic heterocycles. The lowest BCUT2D eigenvalue weighted by Crippen LogP contribution is -2.23. The first-order valence-electron chi connectivity index (χ1n) is 5.47. The van der Waals surface area contributed by atoms with Crippen LogP contribution in [-0.4, -0.2) is 26.1 Å².